The third kappa shape index (κ3) is 7.72. The van der Waals surface area contributed by atoms with Gasteiger partial charge >= 0.3 is 112 Å². The fraction of sp³-hybridized carbons (Fsp3) is 0.800. The van der Waals surface area contributed by atoms with E-state index in [1.807, 2.05) is 6.07 Å². The standard InChI is InChI=1S/3C4H9.C3N.Sn/c3*1-3-4-2;1-2-3-4;/h3*1,3-4H2,2H3;;. The van der Waals surface area contributed by atoms with Gasteiger partial charge < -0.3 is 0 Å². The molecule has 17 heavy (non-hydrogen) atoms. The molecule has 0 aromatic heterocycles. The Labute approximate surface area is 112 Å². The summed E-state index contributed by atoms with van der Waals surface area (Å²) in [7, 11) is 0. The monoisotopic (exact) mass is 341 g/mol. The Hall–Kier alpha value is -0.151. The Morgan fingerprint density at radius 2 is 1.24 bits per heavy atom. The van der Waals surface area contributed by atoms with Gasteiger partial charge in [0.05, 0.1) is 0 Å². The van der Waals surface area contributed by atoms with E-state index in [4.69, 9.17) is 5.26 Å². The molecule has 0 fully saturated rings. The van der Waals surface area contributed by atoms with Crippen LogP contribution < -0.4 is 0 Å². The van der Waals surface area contributed by atoms with Crippen molar-refractivity contribution in [2.24, 2.45) is 0 Å². The van der Waals surface area contributed by atoms with E-state index in [0.29, 0.717) is 0 Å². The summed E-state index contributed by atoms with van der Waals surface area (Å²) < 4.78 is 7.61. The van der Waals surface area contributed by atoms with E-state index in [1.165, 1.54) is 51.8 Å². The molecule has 0 aliphatic carbocycles. The van der Waals surface area contributed by atoms with E-state index in [0.717, 1.165) is 0 Å². The second-order valence-electron chi connectivity index (χ2n) is 4.95. The van der Waals surface area contributed by atoms with Crippen LogP contribution in [0.2, 0.25) is 13.3 Å². The molecule has 0 N–H and O–H groups in total. The average molecular weight is 340 g/mol. The number of unbranched alkanes of at least 4 members (excludes halogenated alkanes) is 3. The van der Waals surface area contributed by atoms with Crippen LogP contribution in [0.3, 0.4) is 0 Å². The third-order valence-corrected chi connectivity index (χ3v) is 16.5. The number of rotatable bonds is 9. The zero-order valence-corrected chi connectivity index (χ0v) is 14.7. The predicted octanol–water partition coefficient (Wildman–Crippen LogP) is 4.90. The molecular formula is C15H27NSn. The van der Waals surface area contributed by atoms with Crippen molar-refractivity contribution in [1.29, 1.82) is 5.26 Å². The molecule has 96 valence electrons. The summed E-state index contributed by atoms with van der Waals surface area (Å²) in [5, 5.41) is 8.72. The summed E-state index contributed by atoms with van der Waals surface area (Å²) in [5.41, 5.74) is 0. The van der Waals surface area contributed by atoms with E-state index >= 15 is 0 Å². The predicted molar refractivity (Wildman–Crippen MR) is 78.3 cm³/mol. The molecule has 0 bridgehead atoms. The molecule has 1 nitrogen and oxygen atoms in total. The first-order valence-electron chi connectivity index (χ1n) is 7.16. The molecule has 2 heteroatoms. The molecule has 0 amide bonds. The maximum atomic E-state index is 8.72. The van der Waals surface area contributed by atoms with Gasteiger partial charge in [0.25, 0.3) is 0 Å². The second-order valence-corrected chi connectivity index (χ2v) is 17.3. The van der Waals surface area contributed by atoms with Crippen LogP contribution in [0.5, 0.6) is 0 Å². The summed E-state index contributed by atoms with van der Waals surface area (Å²) in [5.74, 6) is 2.76. The summed E-state index contributed by atoms with van der Waals surface area (Å²) >= 11 is -2.27. The van der Waals surface area contributed by atoms with Gasteiger partial charge in [0, 0.05) is 0 Å². The van der Waals surface area contributed by atoms with Crippen molar-refractivity contribution in [3.8, 4) is 15.9 Å². The van der Waals surface area contributed by atoms with Gasteiger partial charge in [-0.3, -0.25) is 0 Å². The molecule has 0 saturated heterocycles. The van der Waals surface area contributed by atoms with Crippen molar-refractivity contribution in [2.75, 3.05) is 0 Å². The van der Waals surface area contributed by atoms with Crippen molar-refractivity contribution in [3.63, 3.8) is 0 Å². The van der Waals surface area contributed by atoms with Crippen molar-refractivity contribution >= 4 is 18.4 Å². The Morgan fingerprint density at radius 1 is 0.824 bits per heavy atom. The quantitative estimate of drug-likeness (QED) is 0.433. The third-order valence-electron chi connectivity index (χ3n) is 3.41. The number of hydrogen-bond acceptors (Lipinski definition) is 1. The van der Waals surface area contributed by atoms with Crippen LogP contribution in [0.15, 0.2) is 0 Å². The zero-order chi connectivity index (χ0) is 13.0. The first-order chi connectivity index (χ1) is 8.24. The number of nitrogens with zero attached hydrogens (tertiary/aromatic N) is 1. The van der Waals surface area contributed by atoms with E-state index in [9.17, 15) is 0 Å². The fourth-order valence-electron chi connectivity index (χ4n) is 2.27. The molecule has 0 rings (SSSR count). The van der Waals surface area contributed by atoms with Crippen LogP contribution in [0, 0.1) is 21.2 Å². The molecule has 0 atom stereocenters. The molecule has 0 aliphatic heterocycles. The normalized spacial score (nSPS) is 10.5. The van der Waals surface area contributed by atoms with Crippen LogP contribution >= 0.6 is 0 Å². The Balaban J connectivity index is 4.71. The van der Waals surface area contributed by atoms with Gasteiger partial charge in [-0.2, -0.15) is 0 Å². The minimum atomic E-state index is -2.27. The van der Waals surface area contributed by atoms with Crippen LogP contribution in [0.4, 0.5) is 0 Å². The topological polar surface area (TPSA) is 23.8 Å². The molecule has 0 aromatic carbocycles. The van der Waals surface area contributed by atoms with Crippen molar-refractivity contribution in [3.05, 3.63) is 0 Å². The molecule has 0 aliphatic rings. The fourth-order valence-corrected chi connectivity index (χ4v) is 15.2. The van der Waals surface area contributed by atoms with Crippen LogP contribution in [0.1, 0.15) is 59.3 Å². The number of nitriles is 1. The minimum absolute atomic E-state index is 1.27. The van der Waals surface area contributed by atoms with Crippen molar-refractivity contribution in [2.45, 2.75) is 72.6 Å². The van der Waals surface area contributed by atoms with Gasteiger partial charge in [-0.1, -0.05) is 0 Å². The van der Waals surface area contributed by atoms with Gasteiger partial charge in [-0.15, -0.1) is 0 Å². The van der Waals surface area contributed by atoms with Gasteiger partial charge in [0.15, 0.2) is 0 Å². The van der Waals surface area contributed by atoms with E-state index in [2.05, 4.69) is 30.6 Å². The Bertz CT molecular complexity index is 258. The molecule has 0 aromatic rings. The van der Waals surface area contributed by atoms with Gasteiger partial charge in [-0.05, 0) is 0 Å². The molecule has 0 unspecified atom stereocenters. The van der Waals surface area contributed by atoms with Gasteiger partial charge in [0.2, 0.25) is 0 Å². The summed E-state index contributed by atoms with van der Waals surface area (Å²) in [6.07, 6.45) is 7.78. The first kappa shape index (κ1) is 16.8. The SMILES string of the molecule is CCC[CH2][Sn]([C]#CC#N)([CH2]CCC)[CH2]CCC. The first-order valence-corrected chi connectivity index (χ1v) is 14.6. The zero-order valence-electron chi connectivity index (χ0n) is 11.8. The Morgan fingerprint density at radius 3 is 1.53 bits per heavy atom. The molecule has 0 spiro atoms. The van der Waals surface area contributed by atoms with E-state index in [1.54, 1.807) is 0 Å². The van der Waals surface area contributed by atoms with Crippen molar-refractivity contribution < 1.29 is 0 Å². The van der Waals surface area contributed by atoms with E-state index < -0.39 is 18.4 Å². The van der Waals surface area contributed by atoms with Crippen LogP contribution in [0.25, 0.3) is 0 Å². The van der Waals surface area contributed by atoms with Crippen molar-refractivity contribution in [1.82, 2.24) is 0 Å². The summed E-state index contributed by atoms with van der Waals surface area (Å²) in [4.78, 5) is 0. The molecule has 0 heterocycles. The average Bonchev–Trinajstić information content (AvgIpc) is 2.37. The molecule has 0 radical (unpaired) electrons. The molecule has 0 saturated carbocycles. The van der Waals surface area contributed by atoms with E-state index in [-0.39, 0.29) is 0 Å². The van der Waals surface area contributed by atoms with Crippen LogP contribution in [-0.2, 0) is 0 Å². The summed E-state index contributed by atoms with van der Waals surface area (Å²) in [6, 6.07) is 2.04. The number of hydrogen-bond donors (Lipinski definition) is 0. The van der Waals surface area contributed by atoms with Gasteiger partial charge in [0.1, 0.15) is 0 Å². The maximum absolute atomic E-state index is 8.72. The summed E-state index contributed by atoms with van der Waals surface area (Å²) in [6.45, 7) is 6.77. The molecular weight excluding hydrogens is 313 g/mol. The second kappa shape index (κ2) is 11.0. The van der Waals surface area contributed by atoms with Gasteiger partial charge in [-0.25, -0.2) is 0 Å². The Kier molecular flexibility index (Phi) is 10.9. The van der Waals surface area contributed by atoms with Crippen LogP contribution in [-0.4, -0.2) is 18.4 Å².